The maximum absolute atomic E-state index is 11.6. The predicted molar refractivity (Wildman–Crippen MR) is 77.7 cm³/mol. The summed E-state index contributed by atoms with van der Waals surface area (Å²) >= 11 is 5.78. The van der Waals surface area contributed by atoms with Gasteiger partial charge in [0.15, 0.2) is 0 Å². The third kappa shape index (κ3) is 5.20. The zero-order valence-electron chi connectivity index (χ0n) is 11.8. The van der Waals surface area contributed by atoms with Crippen molar-refractivity contribution in [2.75, 3.05) is 20.3 Å². The number of hydrogen-bond donors (Lipinski definition) is 1. The minimum absolute atomic E-state index is 0.0198. The second-order valence-electron chi connectivity index (χ2n) is 4.21. The van der Waals surface area contributed by atoms with E-state index in [2.05, 4.69) is 10.1 Å². The summed E-state index contributed by atoms with van der Waals surface area (Å²) in [5.74, 6) is -0.0886. The number of esters is 1. The average Bonchev–Trinajstić information content (AvgIpc) is 2.46. The lowest BCUT2D eigenvalue weighted by Crippen LogP contribution is -2.42. The van der Waals surface area contributed by atoms with Crippen LogP contribution in [0.4, 0.5) is 5.69 Å². The molecule has 7 nitrogen and oxygen atoms in total. The van der Waals surface area contributed by atoms with Crippen LogP contribution in [0, 0.1) is 10.1 Å². The van der Waals surface area contributed by atoms with Crippen LogP contribution in [-0.4, -0.2) is 37.2 Å². The quantitative estimate of drug-likeness (QED) is 0.449. The van der Waals surface area contributed by atoms with Crippen LogP contribution >= 0.6 is 11.6 Å². The number of ether oxygens (including phenoxy) is 2. The number of hydrogen-bond acceptors (Lipinski definition) is 6. The van der Waals surface area contributed by atoms with E-state index in [1.54, 1.807) is 0 Å². The molecule has 0 saturated heterocycles. The van der Waals surface area contributed by atoms with Crippen LogP contribution in [0.1, 0.15) is 13.3 Å². The molecule has 0 aliphatic carbocycles. The molecule has 0 radical (unpaired) electrons. The number of nitro groups is 1. The highest BCUT2D eigenvalue weighted by Gasteiger charge is 2.20. The molecule has 1 N–H and O–H groups in total. The Morgan fingerprint density at radius 2 is 2.24 bits per heavy atom. The largest absolute Gasteiger partial charge is 0.491 e. The third-order valence-corrected chi connectivity index (χ3v) is 2.96. The fourth-order valence-electron chi connectivity index (χ4n) is 1.58. The normalized spacial score (nSPS) is 11.8. The number of benzene rings is 1. The number of nitrogens with zero attached hydrogens (tertiary/aromatic N) is 1. The molecule has 0 spiro atoms. The number of carbonyl (C=O) groups excluding carboxylic acids is 1. The molecule has 1 unspecified atom stereocenters. The number of methoxy groups -OCH3 is 1. The Kier molecular flexibility index (Phi) is 6.90. The van der Waals surface area contributed by atoms with E-state index in [4.69, 9.17) is 16.3 Å². The Balaban J connectivity index is 2.69. The van der Waals surface area contributed by atoms with E-state index in [0.29, 0.717) is 12.3 Å². The average molecular weight is 317 g/mol. The summed E-state index contributed by atoms with van der Waals surface area (Å²) in [4.78, 5) is 21.6. The van der Waals surface area contributed by atoms with E-state index in [1.165, 1.54) is 25.3 Å². The van der Waals surface area contributed by atoms with Crippen LogP contribution < -0.4 is 10.1 Å². The summed E-state index contributed by atoms with van der Waals surface area (Å²) in [7, 11) is 1.30. The van der Waals surface area contributed by atoms with Gasteiger partial charge in [0.2, 0.25) is 0 Å². The van der Waals surface area contributed by atoms with E-state index in [1.807, 2.05) is 6.92 Å². The number of rotatable bonds is 8. The topological polar surface area (TPSA) is 90.7 Å². The number of halogens is 1. The molecule has 0 heterocycles. The lowest BCUT2D eigenvalue weighted by Gasteiger charge is -2.16. The van der Waals surface area contributed by atoms with Gasteiger partial charge in [-0.05, 0) is 19.0 Å². The second-order valence-corrected chi connectivity index (χ2v) is 4.62. The van der Waals surface area contributed by atoms with Crippen LogP contribution in [0.5, 0.6) is 5.75 Å². The predicted octanol–water partition coefficient (Wildman–Crippen LogP) is 2.17. The SMILES string of the molecule is CCCNC(COc1ccc([N+](=O)[O-])c(Cl)c1)C(=O)OC. The van der Waals surface area contributed by atoms with E-state index in [9.17, 15) is 14.9 Å². The number of nitro benzene ring substituents is 1. The van der Waals surface area contributed by atoms with Crippen LogP contribution in [0.15, 0.2) is 18.2 Å². The summed E-state index contributed by atoms with van der Waals surface area (Å²) in [5, 5.41) is 13.6. The fourth-order valence-corrected chi connectivity index (χ4v) is 1.82. The highest BCUT2D eigenvalue weighted by Crippen LogP contribution is 2.28. The molecule has 0 fully saturated rings. The molecule has 1 aromatic carbocycles. The van der Waals surface area contributed by atoms with Gasteiger partial charge in [-0.1, -0.05) is 18.5 Å². The Morgan fingerprint density at radius 3 is 2.76 bits per heavy atom. The van der Waals surface area contributed by atoms with Crippen LogP contribution in [0.2, 0.25) is 5.02 Å². The summed E-state index contributed by atoms with van der Waals surface area (Å²) in [6.45, 7) is 2.66. The lowest BCUT2D eigenvalue weighted by molar-refractivity contribution is -0.384. The van der Waals surface area contributed by atoms with E-state index in [-0.39, 0.29) is 17.3 Å². The maximum atomic E-state index is 11.6. The van der Waals surface area contributed by atoms with Crippen molar-refractivity contribution in [3.05, 3.63) is 33.3 Å². The molecule has 1 rings (SSSR count). The molecule has 0 amide bonds. The van der Waals surface area contributed by atoms with Gasteiger partial charge in [0.25, 0.3) is 5.69 Å². The van der Waals surface area contributed by atoms with Gasteiger partial charge in [0.1, 0.15) is 23.4 Å². The molecule has 1 aromatic rings. The van der Waals surface area contributed by atoms with Gasteiger partial charge < -0.3 is 14.8 Å². The van der Waals surface area contributed by atoms with Crippen molar-refractivity contribution in [2.45, 2.75) is 19.4 Å². The van der Waals surface area contributed by atoms with Crippen molar-refractivity contribution in [1.82, 2.24) is 5.32 Å². The third-order valence-electron chi connectivity index (χ3n) is 2.66. The number of carbonyl (C=O) groups is 1. The minimum atomic E-state index is -0.607. The summed E-state index contributed by atoms with van der Waals surface area (Å²) in [5.41, 5.74) is -0.197. The van der Waals surface area contributed by atoms with Crippen molar-refractivity contribution < 1.29 is 19.2 Å². The van der Waals surface area contributed by atoms with Crippen molar-refractivity contribution in [3.63, 3.8) is 0 Å². The van der Waals surface area contributed by atoms with Gasteiger partial charge in [-0.3, -0.25) is 14.9 Å². The monoisotopic (exact) mass is 316 g/mol. The maximum Gasteiger partial charge on any atom is 0.326 e. The zero-order valence-corrected chi connectivity index (χ0v) is 12.6. The standard InChI is InChI=1S/C13H17ClN2O5/c1-3-6-15-11(13(17)20-2)8-21-9-4-5-12(16(18)19)10(14)7-9/h4-5,7,11,15H,3,6,8H2,1-2H3. The first-order valence-corrected chi connectivity index (χ1v) is 6.75. The highest BCUT2D eigenvalue weighted by molar-refractivity contribution is 6.32. The first-order chi connectivity index (χ1) is 9.99. The van der Waals surface area contributed by atoms with Gasteiger partial charge in [0.05, 0.1) is 12.0 Å². The molecule has 8 heteroatoms. The van der Waals surface area contributed by atoms with Crippen molar-refractivity contribution in [1.29, 1.82) is 0 Å². The Labute approximate surface area is 127 Å². The highest BCUT2D eigenvalue weighted by atomic mass is 35.5. The van der Waals surface area contributed by atoms with Crippen molar-refractivity contribution in [2.24, 2.45) is 0 Å². The smallest absolute Gasteiger partial charge is 0.326 e. The molecule has 0 aliphatic heterocycles. The molecule has 116 valence electrons. The first-order valence-electron chi connectivity index (χ1n) is 6.37. The van der Waals surface area contributed by atoms with Gasteiger partial charge >= 0.3 is 5.97 Å². The Morgan fingerprint density at radius 1 is 1.52 bits per heavy atom. The summed E-state index contributed by atoms with van der Waals surface area (Å²) < 4.78 is 10.1. The van der Waals surface area contributed by atoms with Crippen LogP contribution in [0.25, 0.3) is 0 Å². The van der Waals surface area contributed by atoms with E-state index >= 15 is 0 Å². The van der Waals surface area contributed by atoms with E-state index in [0.717, 1.165) is 6.42 Å². The van der Waals surface area contributed by atoms with Gasteiger partial charge in [-0.25, -0.2) is 0 Å². The lowest BCUT2D eigenvalue weighted by atomic mass is 10.3. The van der Waals surface area contributed by atoms with Gasteiger partial charge in [-0.15, -0.1) is 0 Å². The Bertz CT molecular complexity index is 509. The van der Waals surface area contributed by atoms with Gasteiger partial charge in [-0.2, -0.15) is 0 Å². The fraction of sp³-hybridized carbons (Fsp3) is 0.462. The molecule has 0 saturated carbocycles. The molecule has 0 aliphatic rings. The molecule has 0 bridgehead atoms. The molecule has 0 aromatic heterocycles. The first kappa shape index (κ1) is 17.2. The van der Waals surface area contributed by atoms with Crippen molar-refractivity contribution >= 4 is 23.3 Å². The molecular formula is C13H17ClN2O5. The number of nitrogens with one attached hydrogen (secondary N) is 1. The second kappa shape index (κ2) is 8.43. The van der Waals surface area contributed by atoms with Crippen molar-refractivity contribution in [3.8, 4) is 5.75 Å². The minimum Gasteiger partial charge on any atom is -0.491 e. The van der Waals surface area contributed by atoms with Crippen LogP contribution in [0.3, 0.4) is 0 Å². The van der Waals surface area contributed by atoms with Crippen LogP contribution in [-0.2, 0) is 9.53 Å². The summed E-state index contributed by atoms with van der Waals surface area (Å²) in [6.07, 6.45) is 0.858. The molecule has 21 heavy (non-hydrogen) atoms. The summed E-state index contributed by atoms with van der Waals surface area (Å²) in [6, 6.07) is 3.42. The molecular weight excluding hydrogens is 300 g/mol. The Hall–Kier alpha value is -1.86. The van der Waals surface area contributed by atoms with E-state index < -0.39 is 16.9 Å². The molecule has 1 atom stereocenters. The van der Waals surface area contributed by atoms with Gasteiger partial charge in [0, 0.05) is 12.1 Å². The zero-order chi connectivity index (χ0) is 15.8.